The van der Waals surface area contributed by atoms with Gasteiger partial charge >= 0.3 is 0 Å². The molecule has 14 heteroatoms. The fraction of sp³-hybridized carbons (Fsp3) is 0.250. The number of aliphatic hydroxyl groups is 2. The van der Waals surface area contributed by atoms with Gasteiger partial charge in [0.05, 0.1) is 16.7 Å². The summed E-state index contributed by atoms with van der Waals surface area (Å²) in [5, 5.41) is 107. The minimum atomic E-state index is -1.63. The van der Waals surface area contributed by atoms with Crippen molar-refractivity contribution in [2.24, 2.45) is 5.73 Å². The first-order valence-electron chi connectivity index (χ1n) is 14.1. The van der Waals surface area contributed by atoms with Gasteiger partial charge in [-0.2, -0.15) is 0 Å². The maximum atomic E-state index is 11.9. The van der Waals surface area contributed by atoms with Crippen molar-refractivity contribution in [3.05, 3.63) is 82.4 Å². The lowest BCUT2D eigenvalue weighted by molar-refractivity contribution is 0.000597. The number of aromatic hydroxyl groups is 8. The van der Waals surface area contributed by atoms with Gasteiger partial charge in [-0.05, 0) is 35.4 Å². The highest BCUT2D eigenvalue weighted by molar-refractivity contribution is 7.99. The number of rotatable bonds is 6. The van der Waals surface area contributed by atoms with Crippen molar-refractivity contribution in [3.63, 3.8) is 0 Å². The van der Waals surface area contributed by atoms with Crippen molar-refractivity contribution in [2.45, 2.75) is 35.6 Å². The molecule has 12 N–H and O–H groups in total. The number of benzene rings is 4. The Balaban J connectivity index is 1.60. The number of thioether (sulfide) groups is 1. The Hall–Kier alpha value is -4.89. The molecule has 0 saturated carbocycles. The molecule has 4 aromatic rings. The van der Waals surface area contributed by atoms with Crippen LogP contribution in [0.15, 0.2) is 54.6 Å². The van der Waals surface area contributed by atoms with E-state index in [4.69, 9.17) is 15.2 Å². The number of nitrogens with two attached hydrogens (primary N) is 1. The minimum Gasteiger partial charge on any atom is -0.508 e. The van der Waals surface area contributed by atoms with E-state index < -0.39 is 75.8 Å². The summed E-state index contributed by atoms with van der Waals surface area (Å²) in [6, 6.07) is 10.8. The lowest BCUT2D eigenvalue weighted by Crippen LogP contribution is -2.37. The van der Waals surface area contributed by atoms with E-state index in [0.717, 1.165) is 12.1 Å². The molecule has 0 spiro atoms. The SMILES string of the molecule is NCCS[C@H]1c2c(O)cc(O)c([C@H]3c4c(O)cc(O)cc4O[C@H](c4ccc(O)c(O)c4)[C@@H]3O)c2O[C@H](c2ccc(O)c(O)c2)[C@@H]1O. The summed E-state index contributed by atoms with van der Waals surface area (Å²) in [6.07, 6.45) is -5.51. The largest absolute Gasteiger partial charge is 0.508 e. The summed E-state index contributed by atoms with van der Waals surface area (Å²) in [6.45, 7) is 0.213. The third kappa shape index (κ3) is 5.14. The molecule has 13 nitrogen and oxygen atoms in total. The van der Waals surface area contributed by atoms with Gasteiger partial charge in [-0.3, -0.25) is 0 Å². The van der Waals surface area contributed by atoms with Gasteiger partial charge in [0.15, 0.2) is 35.2 Å². The smallest absolute Gasteiger partial charge is 0.157 e. The molecule has 0 radical (unpaired) electrons. The molecular weight excluding hydrogens is 622 g/mol. The fourth-order valence-corrected chi connectivity index (χ4v) is 7.23. The van der Waals surface area contributed by atoms with Gasteiger partial charge in [-0.15, -0.1) is 11.8 Å². The van der Waals surface area contributed by atoms with Crippen molar-refractivity contribution in [1.82, 2.24) is 0 Å². The van der Waals surface area contributed by atoms with Crippen LogP contribution in [-0.4, -0.2) is 75.6 Å². The predicted octanol–water partition coefficient (Wildman–Crippen LogP) is 3.19. The van der Waals surface area contributed by atoms with E-state index in [1.165, 1.54) is 54.2 Å². The summed E-state index contributed by atoms with van der Waals surface area (Å²) in [7, 11) is 0. The summed E-state index contributed by atoms with van der Waals surface area (Å²) in [4.78, 5) is 0. The number of phenols is 8. The molecule has 2 aliphatic rings. The van der Waals surface area contributed by atoms with Crippen molar-refractivity contribution in [2.75, 3.05) is 12.3 Å². The van der Waals surface area contributed by atoms with Crippen LogP contribution in [0.4, 0.5) is 0 Å². The van der Waals surface area contributed by atoms with E-state index in [0.29, 0.717) is 5.75 Å². The van der Waals surface area contributed by atoms with Gasteiger partial charge in [0.2, 0.25) is 0 Å². The standard InChI is InChI=1S/C32H31NO12S/c33-5-6-46-32-25-21(41)11-20(40)24(31(25)45-30(28(32)43)13-2-4-16(36)18(38)8-13)26-23-19(39)9-14(34)10-22(23)44-29(27(26)42)12-1-3-15(35)17(37)7-12/h1-4,7-11,26-30,32,34-43H,5-6,33H2/t26-,27-,28+,29-,30-,32+/m1/s1. The molecule has 0 saturated heterocycles. The summed E-state index contributed by atoms with van der Waals surface area (Å²) < 4.78 is 12.3. The number of phenolic OH excluding ortho intramolecular Hbond substituents is 8. The van der Waals surface area contributed by atoms with Gasteiger partial charge < -0.3 is 66.3 Å². The van der Waals surface area contributed by atoms with E-state index in [2.05, 4.69) is 0 Å². The average molecular weight is 654 g/mol. The molecule has 0 aliphatic carbocycles. The van der Waals surface area contributed by atoms with E-state index in [-0.39, 0.29) is 51.6 Å². The lowest BCUT2D eigenvalue weighted by Gasteiger charge is -2.42. The summed E-state index contributed by atoms with van der Waals surface area (Å²) >= 11 is 1.19. The Bertz CT molecular complexity index is 1820. The zero-order chi connectivity index (χ0) is 33.0. The van der Waals surface area contributed by atoms with Crippen LogP contribution in [0.25, 0.3) is 0 Å². The molecule has 0 bridgehead atoms. The van der Waals surface area contributed by atoms with E-state index in [1.807, 2.05) is 0 Å². The Morgan fingerprint density at radius 1 is 0.587 bits per heavy atom. The van der Waals surface area contributed by atoms with Crippen molar-refractivity contribution in [1.29, 1.82) is 0 Å². The van der Waals surface area contributed by atoms with Crippen LogP contribution in [0.1, 0.15) is 51.2 Å². The number of aliphatic hydroxyl groups excluding tert-OH is 2. The molecule has 2 aliphatic heterocycles. The van der Waals surface area contributed by atoms with Gasteiger partial charge in [-0.1, -0.05) is 12.1 Å². The number of fused-ring (bicyclic) bond motifs is 2. The highest BCUT2D eigenvalue weighted by Gasteiger charge is 2.48. The van der Waals surface area contributed by atoms with Crippen LogP contribution in [0.2, 0.25) is 0 Å². The molecule has 46 heavy (non-hydrogen) atoms. The Labute approximate surface area is 265 Å². The highest BCUT2D eigenvalue weighted by Crippen LogP contribution is 2.60. The van der Waals surface area contributed by atoms with Gasteiger partial charge in [0, 0.05) is 41.6 Å². The first-order chi connectivity index (χ1) is 21.9. The zero-order valence-corrected chi connectivity index (χ0v) is 24.7. The Kier molecular flexibility index (Phi) is 7.98. The number of ether oxygens (including phenoxy) is 2. The van der Waals surface area contributed by atoms with Crippen LogP contribution < -0.4 is 15.2 Å². The van der Waals surface area contributed by atoms with E-state index in [1.54, 1.807) is 0 Å². The van der Waals surface area contributed by atoms with Gasteiger partial charge in [0.1, 0.15) is 46.7 Å². The monoisotopic (exact) mass is 653 g/mol. The molecule has 6 atom stereocenters. The number of hydrogen-bond acceptors (Lipinski definition) is 14. The summed E-state index contributed by atoms with van der Waals surface area (Å²) in [5.41, 5.74) is 6.10. The second kappa shape index (κ2) is 11.8. The molecule has 0 aromatic heterocycles. The second-order valence-corrected chi connectivity index (χ2v) is 12.3. The molecule has 0 unspecified atom stereocenters. The third-order valence-electron chi connectivity index (χ3n) is 8.17. The maximum Gasteiger partial charge on any atom is 0.157 e. The first-order valence-corrected chi connectivity index (χ1v) is 15.2. The van der Waals surface area contributed by atoms with E-state index >= 15 is 0 Å². The van der Waals surface area contributed by atoms with Crippen LogP contribution in [0, 0.1) is 0 Å². The third-order valence-corrected chi connectivity index (χ3v) is 9.51. The predicted molar refractivity (Wildman–Crippen MR) is 164 cm³/mol. The first kappa shape index (κ1) is 31.1. The van der Waals surface area contributed by atoms with Crippen molar-refractivity contribution < 1.29 is 60.5 Å². The molecule has 0 amide bonds. The molecule has 0 fully saturated rings. The average Bonchev–Trinajstić information content (AvgIpc) is 3.00. The van der Waals surface area contributed by atoms with E-state index in [9.17, 15) is 51.1 Å². The maximum absolute atomic E-state index is 11.9. The molecule has 242 valence electrons. The fourth-order valence-electron chi connectivity index (χ4n) is 6.11. The molecule has 4 aromatic carbocycles. The van der Waals surface area contributed by atoms with Crippen LogP contribution >= 0.6 is 11.8 Å². The minimum absolute atomic E-state index is 0.0487. The molecule has 6 rings (SSSR count). The van der Waals surface area contributed by atoms with Crippen molar-refractivity contribution in [3.8, 4) is 57.5 Å². The summed E-state index contributed by atoms with van der Waals surface area (Å²) in [5.74, 6) is -4.96. The second-order valence-electron chi connectivity index (χ2n) is 11.1. The lowest BCUT2D eigenvalue weighted by atomic mass is 9.77. The topological polar surface area (TPSA) is 247 Å². The van der Waals surface area contributed by atoms with Gasteiger partial charge in [0.25, 0.3) is 0 Å². The normalized spacial score (nSPS) is 23.5. The highest BCUT2D eigenvalue weighted by atomic mass is 32.2. The van der Waals surface area contributed by atoms with Crippen LogP contribution in [0.5, 0.6) is 57.5 Å². The van der Waals surface area contributed by atoms with Crippen LogP contribution in [0.3, 0.4) is 0 Å². The quantitative estimate of drug-likeness (QED) is 0.134. The molecule has 2 heterocycles. The van der Waals surface area contributed by atoms with Crippen LogP contribution in [-0.2, 0) is 0 Å². The number of hydrogen-bond donors (Lipinski definition) is 11. The van der Waals surface area contributed by atoms with Gasteiger partial charge in [-0.25, -0.2) is 0 Å². The van der Waals surface area contributed by atoms with Crippen molar-refractivity contribution >= 4 is 11.8 Å². The Morgan fingerprint density at radius 2 is 1.15 bits per heavy atom. The molecular formula is C32H31NO12S. The Morgan fingerprint density at radius 3 is 1.74 bits per heavy atom. The zero-order valence-electron chi connectivity index (χ0n) is 23.8.